The van der Waals surface area contributed by atoms with Gasteiger partial charge in [0.2, 0.25) is 0 Å². The van der Waals surface area contributed by atoms with Crippen LogP contribution in [0.25, 0.3) is 0 Å². The lowest BCUT2D eigenvalue weighted by Gasteiger charge is -2.29. The third kappa shape index (κ3) is 4.90. The van der Waals surface area contributed by atoms with Gasteiger partial charge in [0.25, 0.3) is 11.8 Å². The molecule has 0 aliphatic rings. The maximum absolute atomic E-state index is 13.0. The highest BCUT2D eigenvalue weighted by Crippen LogP contribution is 2.16. The molecule has 5 nitrogen and oxygen atoms in total. The van der Waals surface area contributed by atoms with Crippen LogP contribution in [0.5, 0.6) is 0 Å². The molecule has 0 saturated carbocycles. The first-order valence-electron chi connectivity index (χ1n) is 8.34. The van der Waals surface area contributed by atoms with Gasteiger partial charge in [0.15, 0.2) is 0 Å². The molecule has 2 rings (SSSR count). The van der Waals surface area contributed by atoms with Gasteiger partial charge in [-0.25, -0.2) is 0 Å². The Bertz CT molecular complexity index is 716. The molecule has 0 aromatic heterocycles. The highest BCUT2D eigenvalue weighted by molar-refractivity contribution is 5.99. The zero-order valence-corrected chi connectivity index (χ0v) is 14.6. The smallest absolute Gasteiger partial charge is 0.254 e. The summed E-state index contributed by atoms with van der Waals surface area (Å²) in [6.07, 6.45) is 0.494. The van der Waals surface area contributed by atoms with Gasteiger partial charge in [-0.15, -0.1) is 0 Å². The third-order valence-electron chi connectivity index (χ3n) is 4.13. The van der Waals surface area contributed by atoms with E-state index in [-0.39, 0.29) is 24.5 Å². The number of nitrogens with one attached hydrogen (secondary N) is 1. The van der Waals surface area contributed by atoms with Gasteiger partial charge in [-0.05, 0) is 37.1 Å². The molecular formula is C20H24N2O3. The lowest BCUT2D eigenvalue weighted by Crippen LogP contribution is -2.38. The van der Waals surface area contributed by atoms with E-state index in [0.29, 0.717) is 24.1 Å². The van der Waals surface area contributed by atoms with E-state index in [1.54, 1.807) is 36.2 Å². The molecule has 0 fully saturated rings. The van der Waals surface area contributed by atoms with E-state index in [9.17, 15) is 14.7 Å². The van der Waals surface area contributed by atoms with Crippen LogP contribution in [0, 0.1) is 0 Å². The molecule has 1 atom stereocenters. The first kappa shape index (κ1) is 18.7. The fraction of sp³-hybridized carbons (Fsp3) is 0.300. The monoisotopic (exact) mass is 340 g/mol. The van der Waals surface area contributed by atoms with Crippen LogP contribution in [-0.2, 0) is 6.54 Å². The SMILES string of the molecule is CNC(=O)c1cccc(C(=O)N(Cc2ccccc2)C(C)CCO)c1. The molecule has 0 saturated heterocycles. The summed E-state index contributed by atoms with van der Waals surface area (Å²) < 4.78 is 0. The largest absolute Gasteiger partial charge is 0.396 e. The molecule has 5 heteroatoms. The van der Waals surface area contributed by atoms with E-state index in [0.717, 1.165) is 5.56 Å². The first-order chi connectivity index (χ1) is 12.1. The number of rotatable bonds is 7. The van der Waals surface area contributed by atoms with Gasteiger partial charge in [-0.2, -0.15) is 0 Å². The molecule has 0 spiro atoms. The van der Waals surface area contributed by atoms with Gasteiger partial charge in [-0.1, -0.05) is 36.4 Å². The van der Waals surface area contributed by atoms with Crippen LogP contribution in [0.4, 0.5) is 0 Å². The fourth-order valence-corrected chi connectivity index (χ4v) is 2.65. The molecular weight excluding hydrogens is 316 g/mol. The minimum absolute atomic E-state index is 0.0119. The maximum atomic E-state index is 13.0. The van der Waals surface area contributed by atoms with E-state index >= 15 is 0 Å². The number of aliphatic hydroxyl groups is 1. The lowest BCUT2D eigenvalue weighted by atomic mass is 10.1. The van der Waals surface area contributed by atoms with Gasteiger partial charge in [0.1, 0.15) is 0 Å². The summed E-state index contributed by atoms with van der Waals surface area (Å²) >= 11 is 0. The Morgan fingerprint density at radius 1 is 1.08 bits per heavy atom. The van der Waals surface area contributed by atoms with Crippen molar-refractivity contribution in [2.24, 2.45) is 0 Å². The number of nitrogens with zero attached hydrogens (tertiary/aromatic N) is 1. The Balaban J connectivity index is 2.29. The molecule has 0 radical (unpaired) electrons. The zero-order valence-electron chi connectivity index (χ0n) is 14.6. The van der Waals surface area contributed by atoms with Gasteiger partial charge in [-0.3, -0.25) is 9.59 Å². The summed E-state index contributed by atoms with van der Waals surface area (Å²) in [5.74, 6) is -0.386. The Morgan fingerprint density at radius 3 is 2.40 bits per heavy atom. The van der Waals surface area contributed by atoms with Crippen molar-refractivity contribution in [1.82, 2.24) is 10.2 Å². The van der Waals surface area contributed by atoms with Gasteiger partial charge in [0, 0.05) is 37.4 Å². The van der Waals surface area contributed by atoms with Crippen molar-refractivity contribution in [1.29, 1.82) is 0 Å². The number of carbonyl (C=O) groups excluding carboxylic acids is 2. The number of hydrogen-bond acceptors (Lipinski definition) is 3. The van der Waals surface area contributed by atoms with Crippen LogP contribution in [0.15, 0.2) is 54.6 Å². The molecule has 0 aliphatic carbocycles. The van der Waals surface area contributed by atoms with Crippen LogP contribution >= 0.6 is 0 Å². The Kier molecular flexibility index (Phi) is 6.71. The quantitative estimate of drug-likeness (QED) is 0.813. The van der Waals surface area contributed by atoms with E-state index in [1.807, 2.05) is 37.3 Å². The summed E-state index contributed by atoms with van der Waals surface area (Å²) in [5, 5.41) is 11.8. The molecule has 1 unspecified atom stereocenters. The molecule has 2 aromatic rings. The predicted octanol–water partition coefficient (Wildman–Crippen LogP) is 2.46. The van der Waals surface area contributed by atoms with Crippen LogP contribution in [-0.4, -0.2) is 41.5 Å². The standard InChI is InChI=1S/C20H24N2O3/c1-15(11-12-23)22(14-16-7-4-3-5-8-16)20(25)18-10-6-9-17(13-18)19(24)21-2/h3-10,13,15,23H,11-12,14H2,1-2H3,(H,21,24). The van der Waals surface area contributed by atoms with E-state index in [4.69, 9.17) is 0 Å². The van der Waals surface area contributed by atoms with Crippen LogP contribution in [0.2, 0.25) is 0 Å². The maximum Gasteiger partial charge on any atom is 0.254 e. The van der Waals surface area contributed by atoms with E-state index < -0.39 is 0 Å². The minimum Gasteiger partial charge on any atom is -0.396 e. The average Bonchev–Trinajstić information content (AvgIpc) is 2.66. The van der Waals surface area contributed by atoms with Gasteiger partial charge >= 0.3 is 0 Å². The molecule has 132 valence electrons. The Morgan fingerprint density at radius 2 is 1.76 bits per heavy atom. The molecule has 0 aliphatic heterocycles. The Hall–Kier alpha value is -2.66. The molecule has 2 aromatic carbocycles. The number of carbonyl (C=O) groups is 2. The summed E-state index contributed by atoms with van der Waals surface area (Å²) in [7, 11) is 1.56. The van der Waals surface area contributed by atoms with E-state index in [1.165, 1.54) is 0 Å². The molecule has 2 N–H and O–H groups in total. The van der Waals surface area contributed by atoms with Crippen molar-refractivity contribution >= 4 is 11.8 Å². The zero-order chi connectivity index (χ0) is 18.2. The second-order valence-electron chi connectivity index (χ2n) is 5.94. The molecule has 2 amide bonds. The molecule has 0 heterocycles. The fourth-order valence-electron chi connectivity index (χ4n) is 2.65. The minimum atomic E-state index is -0.229. The van der Waals surface area contributed by atoms with Gasteiger partial charge < -0.3 is 15.3 Å². The number of hydrogen-bond donors (Lipinski definition) is 2. The first-order valence-corrected chi connectivity index (χ1v) is 8.34. The van der Waals surface area contributed by atoms with Gasteiger partial charge in [0.05, 0.1) is 0 Å². The highest BCUT2D eigenvalue weighted by atomic mass is 16.3. The summed E-state index contributed by atoms with van der Waals surface area (Å²) in [6, 6.07) is 16.3. The van der Waals surface area contributed by atoms with Crippen LogP contribution in [0.1, 0.15) is 39.6 Å². The van der Waals surface area contributed by atoms with E-state index in [2.05, 4.69) is 5.32 Å². The van der Waals surface area contributed by atoms with Crippen molar-refractivity contribution in [2.75, 3.05) is 13.7 Å². The third-order valence-corrected chi connectivity index (χ3v) is 4.13. The average molecular weight is 340 g/mol. The molecule has 0 bridgehead atoms. The topological polar surface area (TPSA) is 69.6 Å². The van der Waals surface area contributed by atoms with Crippen molar-refractivity contribution in [2.45, 2.75) is 25.9 Å². The van der Waals surface area contributed by atoms with Crippen molar-refractivity contribution in [3.63, 3.8) is 0 Å². The molecule has 25 heavy (non-hydrogen) atoms. The number of amides is 2. The van der Waals surface area contributed by atoms with Crippen molar-refractivity contribution in [3.05, 3.63) is 71.3 Å². The van der Waals surface area contributed by atoms with Crippen LogP contribution < -0.4 is 5.32 Å². The predicted molar refractivity (Wildman–Crippen MR) is 97.3 cm³/mol. The second kappa shape index (κ2) is 8.99. The number of aliphatic hydroxyl groups excluding tert-OH is 1. The summed E-state index contributed by atoms with van der Waals surface area (Å²) in [5.41, 5.74) is 1.92. The lowest BCUT2D eigenvalue weighted by molar-refractivity contribution is 0.0648. The van der Waals surface area contributed by atoms with Crippen LogP contribution in [0.3, 0.4) is 0 Å². The summed E-state index contributed by atoms with van der Waals surface area (Å²) in [6.45, 7) is 2.38. The van der Waals surface area contributed by atoms with Crippen molar-refractivity contribution in [3.8, 4) is 0 Å². The number of benzene rings is 2. The summed E-state index contributed by atoms with van der Waals surface area (Å²) in [4.78, 5) is 26.6. The van der Waals surface area contributed by atoms with Crippen molar-refractivity contribution < 1.29 is 14.7 Å². The highest BCUT2D eigenvalue weighted by Gasteiger charge is 2.22. The Labute approximate surface area is 148 Å². The second-order valence-corrected chi connectivity index (χ2v) is 5.94. The normalized spacial score (nSPS) is 11.6.